The van der Waals surface area contributed by atoms with E-state index in [0.29, 0.717) is 11.6 Å². The molecule has 1 heterocycles. The molecular weight excluding hydrogens is 228 g/mol. The molecule has 5 nitrogen and oxygen atoms in total. The Labute approximate surface area is 105 Å². The molecule has 2 aromatic rings. The number of aromatic nitrogens is 2. The number of hydrogen-bond donors (Lipinski definition) is 2. The SMILES string of the molecule is C#CCOc1ccc(-c2cnc(N)nc2N)cc1. The number of benzene rings is 1. The van der Waals surface area contributed by atoms with Gasteiger partial charge in [-0.1, -0.05) is 18.1 Å². The van der Waals surface area contributed by atoms with E-state index in [4.69, 9.17) is 22.6 Å². The van der Waals surface area contributed by atoms with Gasteiger partial charge in [-0.25, -0.2) is 4.98 Å². The lowest BCUT2D eigenvalue weighted by Crippen LogP contribution is -2.01. The monoisotopic (exact) mass is 240 g/mol. The van der Waals surface area contributed by atoms with Crippen molar-refractivity contribution in [2.24, 2.45) is 0 Å². The van der Waals surface area contributed by atoms with Crippen molar-refractivity contribution in [3.8, 4) is 29.2 Å². The van der Waals surface area contributed by atoms with Crippen LogP contribution in [0.25, 0.3) is 11.1 Å². The Hall–Kier alpha value is -2.74. The van der Waals surface area contributed by atoms with E-state index in [2.05, 4.69) is 15.9 Å². The normalized spacial score (nSPS) is 9.72. The van der Waals surface area contributed by atoms with Crippen molar-refractivity contribution in [1.29, 1.82) is 0 Å². The van der Waals surface area contributed by atoms with Crippen LogP contribution < -0.4 is 16.2 Å². The topological polar surface area (TPSA) is 87.0 Å². The summed E-state index contributed by atoms with van der Waals surface area (Å²) in [5.41, 5.74) is 12.8. The first kappa shape index (κ1) is 11.7. The third-order valence-corrected chi connectivity index (χ3v) is 2.32. The van der Waals surface area contributed by atoms with E-state index in [0.717, 1.165) is 11.1 Å². The van der Waals surface area contributed by atoms with Gasteiger partial charge >= 0.3 is 0 Å². The van der Waals surface area contributed by atoms with Gasteiger partial charge in [0.25, 0.3) is 0 Å². The van der Waals surface area contributed by atoms with E-state index >= 15 is 0 Å². The van der Waals surface area contributed by atoms with Crippen LogP contribution in [0.1, 0.15) is 0 Å². The van der Waals surface area contributed by atoms with Gasteiger partial charge in [-0.2, -0.15) is 4.98 Å². The molecule has 1 aromatic carbocycles. The molecule has 0 aliphatic carbocycles. The van der Waals surface area contributed by atoms with Gasteiger partial charge in [-0.05, 0) is 17.7 Å². The minimum atomic E-state index is 0.158. The van der Waals surface area contributed by atoms with E-state index in [1.807, 2.05) is 24.3 Å². The van der Waals surface area contributed by atoms with Crippen LogP contribution in [-0.4, -0.2) is 16.6 Å². The molecule has 0 amide bonds. The Balaban J connectivity index is 2.26. The summed E-state index contributed by atoms with van der Waals surface area (Å²) in [4.78, 5) is 7.83. The van der Waals surface area contributed by atoms with E-state index in [1.54, 1.807) is 6.20 Å². The first-order valence-electron chi connectivity index (χ1n) is 5.25. The highest BCUT2D eigenvalue weighted by molar-refractivity contribution is 5.73. The third kappa shape index (κ3) is 2.50. The van der Waals surface area contributed by atoms with E-state index in [1.165, 1.54) is 0 Å². The molecule has 90 valence electrons. The maximum atomic E-state index is 5.78. The van der Waals surface area contributed by atoms with Crippen LogP contribution in [0.5, 0.6) is 5.75 Å². The lowest BCUT2D eigenvalue weighted by molar-refractivity contribution is 0.370. The van der Waals surface area contributed by atoms with E-state index in [-0.39, 0.29) is 12.6 Å². The Morgan fingerprint density at radius 2 is 1.94 bits per heavy atom. The summed E-state index contributed by atoms with van der Waals surface area (Å²) < 4.78 is 5.28. The molecule has 0 saturated carbocycles. The highest BCUT2D eigenvalue weighted by Gasteiger charge is 2.05. The minimum Gasteiger partial charge on any atom is -0.481 e. The van der Waals surface area contributed by atoms with Crippen LogP contribution in [0.15, 0.2) is 30.5 Å². The number of hydrogen-bond acceptors (Lipinski definition) is 5. The molecule has 0 saturated heterocycles. The van der Waals surface area contributed by atoms with Crippen LogP contribution >= 0.6 is 0 Å². The second-order valence-corrected chi connectivity index (χ2v) is 3.54. The molecular formula is C13H12N4O. The van der Waals surface area contributed by atoms with Crippen molar-refractivity contribution in [1.82, 2.24) is 9.97 Å². The van der Waals surface area contributed by atoms with Gasteiger partial charge in [0, 0.05) is 11.8 Å². The molecule has 5 heteroatoms. The molecule has 0 radical (unpaired) electrons. The zero-order valence-corrected chi connectivity index (χ0v) is 9.63. The fraction of sp³-hybridized carbons (Fsp3) is 0.0769. The van der Waals surface area contributed by atoms with Crippen molar-refractivity contribution >= 4 is 11.8 Å². The average molecular weight is 240 g/mol. The average Bonchev–Trinajstić information content (AvgIpc) is 2.37. The zero-order chi connectivity index (χ0) is 13.0. The van der Waals surface area contributed by atoms with Gasteiger partial charge in [0.05, 0.1) is 0 Å². The van der Waals surface area contributed by atoms with Crippen LogP contribution in [0.4, 0.5) is 11.8 Å². The standard InChI is InChI=1S/C13H12N4O/c1-2-7-18-10-5-3-9(4-6-10)11-8-16-13(15)17-12(11)14/h1,3-6,8H,7H2,(H4,14,15,16,17). The van der Waals surface area contributed by atoms with Gasteiger partial charge in [0.15, 0.2) is 0 Å². The summed E-state index contributed by atoms with van der Waals surface area (Å²) in [6.45, 7) is 0.243. The number of nitrogen functional groups attached to an aromatic ring is 2. The predicted octanol–water partition coefficient (Wildman–Crippen LogP) is 1.32. The van der Waals surface area contributed by atoms with Crippen molar-refractivity contribution in [3.05, 3.63) is 30.5 Å². The van der Waals surface area contributed by atoms with Gasteiger partial charge in [0.1, 0.15) is 18.2 Å². The number of ether oxygens (including phenoxy) is 1. The number of rotatable bonds is 3. The van der Waals surface area contributed by atoms with E-state index < -0.39 is 0 Å². The van der Waals surface area contributed by atoms with Crippen molar-refractivity contribution < 1.29 is 4.74 Å². The lowest BCUT2D eigenvalue weighted by atomic mass is 10.1. The molecule has 0 spiro atoms. The third-order valence-electron chi connectivity index (χ3n) is 2.32. The molecule has 4 N–H and O–H groups in total. The fourth-order valence-electron chi connectivity index (χ4n) is 1.49. The Kier molecular flexibility index (Phi) is 3.30. The van der Waals surface area contributed by atoms with Crippen molar-refractivity contribution in [2.75, 3.05) is 18.1 Å². The largest absolute Gasteiger partial charge is 0.481 e. The molecule has 0 aliphatic heterocycles. The Morgan fingerprint density at radius 3 is 2.56 bits per heavy atom. The van der Waals surface area contributed by atoms with Crippen LogP contribution in [0, 0.1) is 12.3 Å². The van der Waals surface area contributed by atoms with Gasteiger partial charge in [0.2, 0.25) is 5.95 Å². The molecule has 0 unspecified atom stereocenters. The summed E-state index contributed by atoms with van der Waals surface area (Å²) in [5, 5.41) is 0. The Bertz CT molecular complexity index is 587. The fourth-order valence-corrected chi connectivity index (χ4v) is 1.49. The number of terminal acetylenes is 1. The second kappa shape index (κ2) is 5.06. The summed E-state index contributed by atoms with van der Waals surface area (Å²) in [6.07, 6.45) is 6.70. The van der Waals surface area contributed by atoms with Crippen LogP contribution in [0.2, 0.25) is 0 Å². The first-order chi connectivity index (χ1) is 8.70. The number of anilines is 2. The van der Waals surface area contributed by atoms with E-state index in [9.17, 15) is 0 Å². The molecule has 1 aromatic heterocycles. The molecule has 0 fully saturated rings. The number of nitrogens with zero attached hydrogens (tertiary/aromatic N) is 2. The highest BCUT2D eigenvalue weighted by atomic mass is 16.5. The van der Waals surface area contributed by atoms with Crippen molar-refractivity contribution in [3.63, 3.8) is 0 Å². The molecule has 18 heavy (non-hydrogen) atoms. The molecule has 0 aliphatic rings. The minimum absolute atomic E-state index is 0.158. The Morgan fingerprint density at radius 1 is 1.22 bits per heavy atom. The highest BCUT2D eigenvalue weighted by Crippen LogP contribution is 2.25. The summed E-state index contributed by atoms with van der Waals surface area (Å²) in [6, 6.07) is 7.33. The lowest BCUT2D eigenvalue weighted by Gasteiger charge is -2.06. The smallest absolute Gasteiger partial charge is 0.221 e. The summed E-state index contributed by atoms with van der Waals surface area (Å²) in [5.74, 6) is 3.61. The van der Waals surface area contributed by atoms with Gasteiger partial charge in [-0.15, -0.1) is 6.42 Å². The predicted molar refractivity (Wildman–Crippen MR) is 70.6 cm³/mol. The van der Waals surface area contributed by atoms with Crippen molar-refractivity contribution in [2.45, 2.75) is 0 Å². The van der Waals surface area contributed by atoms with Crippen LogP contribution in [0.3, 0.4) is 0 Å². The quantitative estimate of drug-likeness (QED) is 0.790. The zero-order valence-electron chi connectivity index (χ0n) is 9.63. The summed E-state index contributed by atoms with van der Waals surface area (Å²) in [7, 11) is 0. The first-order valence-corrected chi connectivity index (χ1v) is 5.25. The van der Waals surface area contributed by atoms with Gasteiger partial charge in [-0.3, -0.25) is 0 Å². The number of nitrogens with two attached hydrogens (primary N) is 2. The summed E-state index contributed by atoms with van der Waals surface area (Å²) >= 11 is 0. The second-order valence-electron chi connectivity index (χ2n) is 3.54. The van der Waals surface area contributed by atoms with Crippen LogP contribution in [-0.2, 0) is 0 Å². The maximum Gasteiger partial charge on any atom is 0.221 e. The molecule has 0 atom stereocenters. The van der Waals surface area contributed by atoms with Gasteiger partial charge < -0.3 is 16.2 Å². The molecule has 2 rings (SSSR count). The molecule has 0 bridgehead atoms. The maximum absolute atomic E-state index is 5.78.